The molecule has 2 heterocycles. The molecule has 2 amide bonds. The van der Waals surface area contributed by atoms with Crippen molar-refractivity contribution >= 4 is 28.7 Å². The summed E-state index contributed by atoms with van der Waals surface area (Å²) in [5.74, 6) is -1.07. The van der Waals surface area contributed by atoms with Gasteiger partial charge in [0.2, 0.25) is 5.91 Å². The molecule has 2 N–H and O–H groups in total. The zero-order valence-corrected chi connectivity index (χ0v) is 20.8. The number of amides is 2. The van der Waals surface area contributed by atoms with Gasteiger partial charge < -0.3 is 15.2 Å². The third-order valence-electron chi connectivity index (χ3n) is 7.33. The summed E-state index contributed by atoms with van der Waals surface area (Å²) in [6.45, 7) is 5.92. The molecule has 7 nitrogen and oxygen atoms in total. The Bertz CT molecular complexity index is 1330. The average molecular weight is 496 g/mol. The van der Waals surface area contributed by atoms with Gasteiger partial charge in [-0.3, -0.25) is 9.59 Å². The first-order valence-corrected chi connectivity index (χ1v) is 12.6. The molecule has 0 aliphatic heterocycles. The molecule has 0 radical (unpaired) electrons. The highest BCUT2D eigenvalue weighted by Crippen LogP contribution is 2.40. The second-order valence-corrected chi connectivity index (χ2v) is 10.4. The lowest BCUT2D eigenvalue weighted by molar-refractivity contribution is -0.129. The SMILES string of the molecule is Cc1cnc(NC(=O)C2CCCC(NC(=O)C3(F)CC3)C2)cc1-c1cc(F)c2ncn(C(C)C)c2c1. The van der Waals surface area contributed by atoms with Gasteiger partial charge in [-0.25, -0.2) is 18.7 Å². The minimum atomic E-state index is -1.72. The summed E-state index contributed by atoms with van der Waals surface area (Å²) in [5.41, 5.74) is 1.61. The molecule has 0 spiro atoms. The number of anilines is 1. The summed E-state index contributed by atoms with van der Waals surface area (Å²) in [6, 6.07) is 5.04. The maximum absolute atomic E-state index is 14.9. The van der Waals surface area contributed by atoms with E-state index in [1.165, 1.54) is 6.07 Å². The van der Waals surface area contributed by atoms with E-state index in [0.29, 0.717) is 35.3 Å². The number of hydrogen-bond donors (Lipinski definition) is 2. The monoisotopic (exact) mass is 495 g/mol. The molecule has 2 fully saturated rings. The number of hydrogen-bond acceptors (Lipinski definition) is 4. The van der Waals surface area contributed by atoms with E-state index < -0.39 is 17.4 Å². The van der Waals surface area contributed by atoms with E-state index in [1.807, 2.05) is 31.4 Å². The van der Waals surface area contributed by atoms with Gasteiger partial charge in [0.1, 0.15) is 11.3 Å². The summed E-state index contributed by atoms with van der Waals surface area (Å²) >= 11 is 0. The van der Waals surface area contributed by atoms with Crippen LogP contribution in [0.15, 0.2) is 30.7 Å². The van der Waals surface area contributed by atoms with Crippen molar-refractivity contribution in [1.29, 1.82) is 0 Å². The van der Waals surface area contributed by atoms with Crippen molar-refractivity contribution in [3.8, 4) is 11.1 Å². The van der Waals surface area contributed by atoms with Crippen LogP contribution in [0.4, 0.5) is 14.6 Å². The van der Waals surface area contributed by atoms with Gasteiger partial charge in [0.15, 0.2) is 11.5 Å². The highest BCUT2D eigenvalue weighted by molar-refractivity contribution is 5.93. The van der Waals surface area contributed by atoms with Gasteiger partial charge in [-0.2, -0.15) is 0 Å². The van der Waals surface area contributed by atoms with Crippen LogP contribution in [-0.4, -0.2) is 38.1 Å². The molecule has 2 saturated carbocycles. The van der Waals surface area contributed by atoms with Crippen molar-refractivity contribution in [2.45, 2.75) is 77.0 Å². The molecular weight excluding hydrogens is 464 g/mol. The molecule has 36 heavy (non-hydrogen) atoms. The van der Waals surface area contributed by atoms with Gasteiger partial charge >= 0.3 is 0 Å². The third-order valence-corrected chi connectivity index (χ3v) is 7.33. The summed E-state index contributed by atoms with van der Waals surface area (Å²) in [7, 11) is 0. The number of carbonyl (C=O) groups is 2. The molecule has 2 aliphatic carbocycles. The van der Waals surface area contributed by atoms with Gasteiger partial charge in [-0.05, 0) is 87.8 Å². The number of nitrogens with zero attached hydrogens (tertiary/aromatic N) is 3. The lowest BCUT2D eigenvalue weighted by Crippen LogP contribution is -2.44. The molecule has 2 unspecified atom stereocenters. The highest BCUT2D eigenvalue weighted by atomic mass is 19.1. The largest absolute Gasteiger partial charge is 0.351 e. The molecule has 190 valence electrons. The van der Waals surface area contributed by atoms with Crippen molar-refractivity contribution < 1.29 is 18.4 Å². The number of aryl methyl sites for hydroxylation is 1. The van der Waals surface area contributed by atoms with Gasteiger partial charge in [-0.1, -0.05) is 6.42 Å². The van der Waals surface area contributed by atoms with Crippen LogP contribution in [0.3, 0.4) is 0 Å². The molecule has 0 saturated heterocycles. The van der Waals surface area contributed by atoms with Crippen LogP contribution >= 0.6 is 0 Å². The van der Waals surface area contributed by atoms with E-state index in [1.54, 1.807) is 18.6 Å². The lowest BCUT2D eigenvalue weighted by Gasteiger charge is -2.29. The number of halogens is 2. The Hall–Kier alpha value is -3.36. The number of nitrogens with one attached hydrogen (secondary N) is 2. The Balaban J connectivity index is 1.33. The first kappa shape index (κ1) is 24.3. The van der Waals surface area contributed by atoms with Crippen molar-refractivity contribution in [2.24, 2.45) is 5.92 Å². The Morgan fingerprint density at radius 3 is 2.67 bits per heavy atom. The molecular formula is C27H31F2N5O2. The van der Waals surface area contributed by atoms with Crippen LogP contribution in [-0.2, 0) is 9.59 Å². The number of aromatic nitrogens is 3. The zero-order valence-electron chi connectivity index (χ0n) is 20.8. The predicted molar refractivity (Wildman–Crippen MR) is 134 cm³/mol. The van der Waals surface area contributed by atoms with Crippen LogP contribution < -0.4 is 10.6 Å². The minimum absolute atomic E-state index is 0.127. The Kier molecular flexibility index (Phi) is 6.26. The van der Waals surface area contributed by atoms with E-state index in [4.69, 9.17) is 0 Å². The summed E-state index contributed by atoms with van der Waals surface area (Å²) in [5, 5.41) is 5.68. The highest BCUT2D eigenvalue weighted by Gasteiger charge is 2.51. The summed E-state index contributed by atoms with van der Waals surface area (Å²) in [6.07, 6.45) is 6.52. The minimum Gasteiger partial charge on any atom is -0.351 e. The van der Waals surface area contributed by atoms with Crippen molar-refractivity contribution in [2.75, 3.05) is 5.32 Å². The number of pyridine rings is 1. The second kappa shape index (κ2) is 9.26. The second-order valence-electron chi connectivity index (χ2n) is 10.4. The van der Waals surface area contributed by atoms with E-state index in [2.05, 4.69) is 20.6 Å². The first-order valence-electron chi connectivity index (χ1n) is 12.6. The fourth-order valence-corrected chi connectivity index (χ4v) is 5.00. The average Bonchev–Trinajstić information content (AvgIpc) is 3.44. The molecule has 2 aromatic heterocycles. The molecule has 3 aromatic rings. The molecule has 2 atom stereocenters. The van der Waals surface area contributed by atoms with E-state index in [-0.39, 0.29) is 36.8 Å². The maximum Gasteiger partial charge on any atom is 0.257 e. The Morgan fingerprint density at radius 2 is 1.94 bits per heavy atom. The number of carbonyl (C=O) groups excluding carboxylic acids is 2. The third kappa shape index (κ3) is 4.70. The van der Waals surface area contributed by atoms with Crippen LogP contribution in [0.2, 0.25) is 0 Å². The van der Waals surface area contributed by atoms with Crippen molar-refractivity contribution in [3.05, 3.63) is 42.1 Å². The van der Waals surface area contributed by atoms with E-state index >= 15 is 0 Å². The standard InChI is InChI=1S/C27H31F2N5O2/c1-15(2)34-14-31-24-21(28)10-18(11-22(24)34)20-12-23(30-13-16(20)3)33-25(35)17-5-4-6-19(9-17)32-26(36)27(29)7-8-27/h10-15,17,19H,4-9H2,1-3H3,(H,32,36)(H,30,33,35). The van der Waals surface area contributed by atoms with Crippen LogP contribution in [0, 0.1) is 18.7 Å². The topological polar surface area (TPSA) is 88.9 Å². The van der Waals surface area contributed by atoms with Crippen LogP contribution in [0.1, 0.15) is 64.0 Å². The lowest BCUT2D eigenvalue weighted by atomic mass is 9.85. The Labute approximate surface area is 208 Å². The number of alkyl halides is 1. The van der Waals surface area contributed by atoms with Crippen molar-refractivity contribution in [1.82, 2.24) is 19.9 Å². The molecule has 5 rings (SSSR count). The number of benzene rings is 1. The van der Waals surface area contributed by atoms with Gasteiger partial charge in [0.05, 0.1) is 11.8 Å². The fourth-order valence-electron chi connectivity index (χ4n) is 5.00. The zero-order chi connectivity index (χ0) is 25.6. The van der Waals surface area contributed by atoms with Crippen LogP contribution in [0.5, 0.6) is 0 Å². The van der Waals surface area contributed by atoms with Gasteiger partial charge in [0.25, 0.3) is 5.91 Å². The maximum atomic E-state index is 14.9. The van der Waals surface area contributed by atoms with Crippen LogP contribution in [0.25, 0.3) is 22.2 Å². The van der Waals surface area contributed by atoms with E-state index in [0.717, 1.165) is 24.0 Å². The number of rotatable bonds is 6. The van der Waals surface area contributed by atoms with Gasteiger partial charge in [-0.15, -0.1) is 0 Å². The fraction of sp³-hybridized carbons (Fsp3) is 0.481. The molecule has 0 bridgehead atoms. The molecule has 1 aromatic carbocycles. The Morgan fingerprint density at radius 1 is 1.17 bits per heavy atom. The van der Waals surface area contributed by atoms with Gasteiger partial charge in [0, 0.05) is 24.2 Å². The predicted octanol–water partition coefficient (Wildman–Crippen LogP) is 5.24. The first-order chi connectivity index (χ1) is 17.1. The molecule has 9 heteroatoms. The summed E-state index contributed by atoms with van der Waals surface area (Å²) in [4.78, 5) is 33.7. The van der Waals surface area contributed by atoms with E-state index in [9.17, 15) is 18.4 Å². The number of fused-ring (bicyclic) bond motifs is 1. The smallest absolute Gasteiger partial charge is 0.257 e. The number of imidazole rings is 1. The molecule has 2 aliphatic rings. The normalized spacial score (nSPS) is 20.9. The quantitative estimate of drug-likeness (QED) is 0.489. The summed E-state index contributed by atoms with van der Waals surface area (Å²) < 4.78 is 30.8. The van der Waals surface area contributed by atoms with Crippen molar-refractivity contribution in [3.63, 3.8) is 0 Å².